The average Bonchev–Trinajstić information content (AvgIpc) is 2.99. The predicted molar refractivity (Wildman–Crippen MR) is 51.6 cm³/mol. The summed E-state index contributed by atoms with van der Waals surface area (Å²) in [6.45, 7) is 0. The van der Waals surface area contributed by atoms with E-state index in [1.807, 2.05) is 0 Å². The normalized spacial score (nSPS) is 17.9. The first kappa shape index (κ1) is 11.0. The first-order chi connectivity index (χ1) is 7.48. The van der Waals surface area contributed by atoms with Crippen LogP contribution in [0, 0.1) is 0 Å². The van der Waals surface area contributed by atoms with E-state index < -0.39 is 17.3 Å². The summed E-state index contributed by atoms with van der Waals surface area (Å²) in [5.41, 5.74) is -0.364. The van der Waals surface area contributed by atoms with Crippen molar-refractivity contribution in [2.75, 3.05) is 0 Å². The molecule has 16 heavy (non-hydrogen) atoms. The van der Waals surface area contributed by atoms with Crippen molar-refractivity contribution in [2.45, 2.75) is 24.6 Å². The van der Waals surface area contributed by atoms with Gasteiger partial charge in [-0.15, -0.1) is 0 Å². The molecule has 1 fully saturated rings. The third-order valence-electron chi connectivity index (χ3n) is 2.85. The molecule has 0 radical (unpaired) electrons. The van der Waals surface area contributed by atoms with Gasteiger partial charge in [-0.3, -0.25) is 4.79 Å². The Kier molecular flexibility index (Phi) is 2.40. The van der Waals surface area contributed by atoms with Crippen molar-refractivity contribution >= 4 is 6.41 Å². The molecule has 1 aliphatic rings. The quantitative estimate of drug-likeness (QED) is 0.792. The van der Waals surface area contributed by atoms with E-state index in [0.717, 1.165) is 30.5 Å². The maximum Gasteiger partial charge on any atom is 0.416 e. The smallest absolute Gasteiger partial charge is 0.349 e. The minimum Gasteiger partial charge on any atom is -0.349 e. The third-order valence-corrected chi connectivity index (χ3v) is 2.85. The number of rotatable bonds is 3. The van der Waals surface area contributed by atoms with Gasteiger partial charge in [0, 0.05) is 0 Å². The number of amides is 1. The Morgan fingerprint density at radius 3 is 2.12 bits per heavy atom. The number of carbonyl (C=O) groups excluding carboxylic acids is 1. The van der Waals surface area contributed by atoms with E-state index in [9.17, 15) is 18.0 Å². The van der Waals surface area contributed by atoms with Crippen LogP contribution >= 0.6 is 0 Å². The summed E-state index contributed by atoms with van der Waals surface area (Å²) in [7, 11) is 0. The fraction of sp³-hybridized carbons (Fsp3) is 0.364. The van der Waals surface area contributed by atoms with E-state index in [0.29, 0.717) is 6.41 Å². The fourth-order valence-corrected chi connectivity index (χ4v) is 1.73. The van der Waals surface area contributed by atoms with Gasteiger partial charge in [0.2, 0.25) is 6.41 Å². The van der Waals surface area contributed by atoms with E-state index in [-0.39, 0.29) is 0 Å². The first-order valence-corrected chi connectivity index (χ1v) is 4.87. The van der Waals surface area contributed by atoms with Crippen LogP contribution in [-0.2, 0) is 16.5 Å². The van der Waals surface area contributed by atoms with E-state index in [1.54, 1.807) is 0 Å². The van der Waals surface area contributed by atoms with Crippen LogP contribution in [-0.4, -0.2) is 6.41 Å². The summed E-state index contributed by atoms with van der Waals surface area (Å²) in [4.78, 5) is 10.4. The monoisotopic (exact) mass is 229 g/mol. The highest BCUT2D eigenvalue weighted by Gasteiger charge is 2.44. The van der Waals surface area contributed by atoms with Crippen LogP contribution in [0.3, 0.4) is 0 Å². The van der Waals surface area contributed by atoms with Crippen LogP contribution in [0.15, 0.2) is 24.3 Å². The fourth-order valence-electron chi connectivity index (χ4n) is 1.73. The predicted octanol–water partition coefficient (Wildman–Crippen LogP) is 2.44. The molecule has 1 aromatic rings. The molecule has 0 heterocycles. The number of alkyl halides is 3. The van der Waals surface area contributed by atoms with E-state index in [4.69, 9.17) is 0 Å². The van der Waals surface area contributed by atoms with Gasteiger partial charge in [-0.2, -0.15) is 13.2 Å². The van der Waals surface area contributed by atoms with Crippen LogP contribution in [0.5, 0.6) is 0 Å². The molecule has 1 amide bonds. The molecule has 1 aliphatic carbocycles. The van der Waals surface area contributed by atoms with Crippen molar-refractivity contribution in [1.29, 1.82) is 0 Å². The van der Waals surface area contributed by atoms with Crippen LogP contribution in [0.25, 0.3) is 0 Å². The minimum absolute atomic E-state index is 0.425. The number of halogens is 3. The van der Waals surface area contributed by atoms with Crippen molar-refractivity contribution in [3.05, 3.63) is 35.4 Å². The molecule has 2 nitrogen and oxygen atoms in total. The third kappa shape index (κ3) is 1.89. The number of benzene rings is 1. The summed E-state index contributed by atoms with van der Waals surface area (Å²) < 4.78 is 36.9. The van der Waals surface area contributed by atoms with Gasteiger partial charge < -0.3 is 5.32 Å². The second kappa shape index (κ2) is 3.50. The van der Waals surface area contributed by atoms with Crippen LogP contribution in [0.2, 0.25) is 0 Å². The van der Waals surface area contributed by atoms with E-state index >= 15 is 0 Å². The summed E-state index contributed by atoms with van der Waals surface area (Å²) >= 11 is 0. The van der Waals surface area contributed by atoms with E-state index in [2.05, 4.69) is 5.32 Å². The van der Waals surface area contributed by atoms with Gasteiger partial charge in [0.25, 0.3) is 0 Å². The van der Waals surface area contributed by atoms with Crippen molar-refractivity contribution in [3.8, 4) is 0 Å². The Morgan fingerprint density at radius 2 is 1.75 bits per heavy atom. The summed E-state index contributed by atoms with van der Waals surface area (Å²) in [6, 6.07) is 4.93. The van der Waals surface area contributed by atoms with Gasteiger partial charge >= 0.3 is 6.18 Å². The maximum atomic E-state index is 12.3. The van der Waals surface area contributed by atoms with Gasteiger partial charge in [0.15, 0.2) is 0 Å². The van der Waals surface area contributed by atoms with Crippen LogP contribution in [0.4, 0.5) is 13.2 Å². The zero-order chi connectivity index (χ0) is 11.8. The number of hydrogen-bond donors (Lipinski definition) is 1. The highest BCUT2D eigenvalue weighted by Crippen LogP contribution is 2.45. The largest absolute Gasteiger partial charge is 0.416 e. The molecule has 0 unspecified atom stereocenters. The Morgan fingerprint density at radius 1 is 1.19 bits per heavy atom. The number of hydrogen-bond acceptors (Lipinski definition) is 1. The molecular weight excluding hydrogens is 219 g/mol. The van der Waals surface area contributed by atoms with Crippen molar-refractivity contribution < 1.29 is 18.0 Å². The molecular formula is C11H10F3NO. The summed E-state index contributed by atoms with van der Waals surface area (Å²) in [5.74, 6) is 0. The SMILES string of the molecule is O=CNC1(c2ccc(C(F)(F)F)cc2)CC1. The average molecular weight is 229 g/mol. The zero-order valence-electron chi connectivity index (χ0n) is 8.34. The number of nitrogens with one attached hydrogen (secondary N) is 1. The standard InChI is InChI=1S/C11H10F3NO/c12-11(13,14)9-3-1-8(2-4-9)10(5-6-10)15-7-16/h1-4,7H,5-6H2,(H,15,16). The molecule has 86 valence electrons. The van der Waals surface area contributed by atoms with Gasteiger partial charge in [-0.25, -0.2) is 0 Å². The molecule has 0 spiro atoms. The second-order valence-electron chi connectivity index (χ2n) is 3.92. The van der Waals surface area contributed by atoms with Gasteiger partial charge in [-0.1, -0.05) is 12.1 Å². The molecule has 1 saturated carbocycles. The Balaban J connectivity index is 2.23. The minimum atomic E-state index is -4.31. The molecule has 1 aromatic carbocycles. The first-order valence-electron chi connectivity index (χ1n) is 4.87. The summed E-state index contributed by atoms with van der Waals surface area (Å²) in [6.07, 6.45) is -2.17. The molecule has 0 aromatic heterocycles. The van der Waals surface area contributed by atoms with Crippen molar-refractivity contribution in [3.63, 3.8) is 0 Å². The van der Waals surface area contributed by atoms with Crippen molar-refractivity contribution in [2.24, 2.45) is 0 Å². The molecule has 5 heteroatoms. The van der Waals surface area contributed by atoms with Crippen LogP contribution < -0.4 is 5.32 Å². The lowest BCUT2D eigenvalue weighted by Crippen LogP contribution is -2.27. The Bertz CT molecular complexity index is 393. The van der Waals surface area contributed by atoms with Gasteiger partial charge in [0.05, 0.1) is 11.1 Å². The highest BCUT2D eigenvalue weighted by atomic mass is 19.4. The number of carbonyl (C=O) groups is 1. The van der Waals surface area contributed by atoms with E-state index in [1.165, 1.54) is 12.1 Å². The topological polar surface area (TPSA) is 29.1 Å². The lowest BCUT2D eigenvalue weighted by atomic mass is 10.0. The summed E-state index contributed by atoms with van der Waals surface area (Å²) in [5, 5.41) is 2.65. The second-order valence-corrected chi connectivity index (χ2v) is 3.92. The lowest BCUT2D eigenvalue weighted by Gasteiger charge is -2.15. The molecule has 1 N–H and O–H groups in total. The molecule has 0 saturated heterocycles. The van der Waals surface area contributed by atoms with Gasteiger partial charge in [-0.05, 0) is 30.5 Å². The lowest BCUT2D eigenvalue weighted by molar-refractivity contribution is -0.137. The van der Waals surface area contributed by atoms with Crippen molar-refractivity contribution in [1.82, 2.24) is 5.32 Å². The Hall–Kier alpha value is -1.52. The maximum absolute atomic E-state index is 12.3. The highest BCUT2D eigenvalue weighted by molar-refractivity contribution is 5.51. The molecule has 0 bridgehead atoms. The van der Waals surface area contributed by atoms with Crippen LogP contribution in [0.1, 0.15) is 24.0 Å². The molecule has 0 atom stereocenters. The zero-order valence-corrected chi connectivity index (χ0v) is 8.34. The molecule has 0 aliphatic heterocycles. The van der Waals surface area contributed by atoms with Gasteiger partial charge in [0.1, 0.15) is 0 Å². The Labute approximate surface area is 90.5 Å². The molecule has 2 rings (SSSR count).